The Labute approximate surface area is 217 Å². The number of fused-ring (bicyclic) bond motifs is 2. The zero-order chi connectivity index (χ0) is 27.6. The van der Waals surface area contributed by atoms with E-state index < -0.39 is 22.9 Å². The molecule has 0 unspecified atom stereocenters. The van der Waals surface area contributed by atoms with Crippen LogP contribution in [0.2, 0.25) is 0 Å². The second kappa shape index (κ2) is 10.8. The summed E-state index contributed by atoms with van der Waals surface area (Å²) in [6.45, 7) is 3.69. The van der Waals surface area contributed by atoms with Crippen LogP contribution in [0.4, 0.5) is 15.8 Å². The number of hydrogen-bond donors (Lipinski definition) is 1. The molecule has 3 aromatic rings. The maximum absolute atomic E-state index is 13.2. The van der Waals surface area contributed by atoms with Crippen LogP contribution in [0.15, 0.2) is 46.0 Å². The lowest BCUT2D eigenvalue weighted by atomic mass is 10.2. The van der Waals surface area contributed by atoms with Crippen molar-refractivity contribution in [1.29, 1.82) is 0 Å². The van der Waals surface area contributed by atoms with E-state index in [4.69, 9.17) is 9.47 Å². The predicted octanol–water partition coefficient (Wildman–Crippen LogP) is 2.00. The number of hydrogen-bond acceptors (Lipinski definition) is 9. The zero-order valence-electron chi connectivity index (χ0n) is 21.4. The molecule has 0 bridgehead atoms. The van der Waals surface area contributed by atoms with Gasteiger partial charge in [-0.25, -0.2) is 13.8 Å². The Morgan fingerprint density at radius 2 is 1.55 bits per heavy atom. The lowest BCUT2D eigenvalue weighted by Crippen LogP contribution is -2.35. The fourth-order valence-corrected chi connectivity index (χ4v) is 4.04. The highest BCUT2D eigenvalue weighted by Crippen LogP contribution is 2.32. The minimum Gasteiger partial charge on any atom is -0.476 e. The normalized spacial score (nSPS) is 13.7. The number of nitrogens with one attached hydrogen (secondary N) is 1. The number of pyridine rings is 2. The molecule has 0 fully saturated rings. The van der Waals surface area contributed by atoms with Crippen LogP contribution in [0.5, 0.6) is 11.8 Å². The predicted molar refractivity (Wildman–Crippen MR) is 138 cm³/mol. The van der Waals surface area contributed by atoms with Gasteiger partial charge < -0.3 is 24.0 Å². The van der Waals surface area contributed by atoms with Gasteiger partial charge in [-0.3, -0.25) is 19.4 Å². The molecule has 2 aliphatic rings. The number of esters is 1. The van der Waals surface area contributed by atoms with Crippen molar-refractivity contribution in [1.82, 2.24) is 9.55 Å². The van der Waals surface area contributed by atoms with Gasteiger partial charge in [0.05, 0.1) is 42.8 Å². The van der Waals surface area contributed by atoms with Crippen LogP contribution in [0.1, 0.15) is 27.6 Å². The summed E-state index contributed by atoms with van der Waals surface area (Å²) in [5, 5.41) is 0. The van der Waals surface area contributed by atoms with Crippen LogP contribution >= 0.6 is 0 Å². The summed E-state index contributed by atoms with van der Waals surface area (Å²) in [5.74, 6) is -0.620. The fourth-order valence-electron chi connectivity index (χ4n) is 4.04. The highest BCUT2D eigenvalue weighted by Gasteiger charge is 2.26. The number of aromatic amines is 1. The maximum Gasteiger partial charge on any atom is 0.343 e. The van der Waals surface area contributed by atoms with Gasteiger partial charge in [-0.05, 0) is 43.3 Å². The van der Waals surface area contributed by atoms with Crippen molar-refractivity contribution in [3.05, 3.63) is 74.0 Å². The minimum atomic E-state index is -0.729. The van der Waals surface area contributed by atoms with Gasteiger partial charge >= 0.3 is 5.97 Å². The summed E-state index contributed by atoms with van der Waals surface area (Å²) in [6, 6.07) is 8.43. The number of H-pyrrole nitrogens is 1. The largest absolute Gasteiger partial charge is 0.476 e. The standard InChI is InChI=1S/C16H15FN2O4.C10H12N2O3/c1-18-7-8-23-15-13(18)9-12(16(21)22-2)14(20)19(15)11-5-3-10(17)4-6-11;1-6(13)7-5-8-10(11-9(7)14)15-4-3-12(8)2/h3-6,9H,7-8H2,1-2H3;5H,3-4H2,1-2H3,(H,11,14). The summed E-state index contributed by atoms with van der Waals surface area (Å²) in [4.78, 5) is 53.6. The van der Waals surface area contributed by atoms with Gasteiger partial charge in [0.25, 0.3) is 11.1 Å². The third-order valence-electron chi connectivity index (χ3n) is 6.15. The van der Waals surface area contributed by atoms with Crippen molar-refractivity contribution in [2.45, 2.75) is 6.92 Å². The number of ether oxygens (including phenoxy) is 3. The number of aromatic nitrogens is 2. The first-order valence-electron chi connectivity index (χ1n) is 11.7. The average molecular weight is 527 g/mol. The minimum absolute atomic E-state index is 0.104. The number of nitrogens with zero attached hydrogens (tertiary/aromatic N) is 3. The quantitative estimate of drug-likeness (QED) is 0.403. The number of halogens is 1. The van der Waals surface area contributed by atoms with E-state index in [1.165, 1.54) is 48.9 Å². The molecule has 2 aliphatic heterocycles. The number of rotatable bonds is 3. The Balaban J connectivity index is 0.000000194. The number of likely N-dealkylation sites (N-methyl/N-ethyl adjacent to an activating group) is 2. The number of methoxy groups -OCH3 is 1. The van der Waals surface area contributed by atoms with E-state index in [1.54, 1.807) is 6.07 Å². The summed E-state index contributed by atoms with van der Waals surface area (Å²) in [5.41, 5.74) is 0.869. The first-order valence-corrected chi connectivity index (χ1v) is 11.7. The molecular weight excluding hydrogens is 499 g/mol. The molecule has 11 nitrogen and oxygen atoms in total. The van der Waals surface area contributed by atoms with Crippen LogP contribution in [0.25, 0.3) is 5.69 Å². The molecule has 0 spiro atoms. The van der Waals surface area contributed by atoms with E-state index in [2.05, 4.69) is 9.72 Å². The molecule has 38 heavy (non-hydrogen) atoms. The molecule has 2 aromatic heterocycles. The molecule has 200 valence electrons. The van der Waals surface area contributed by atoms with Gasteiger partial charge in [-0.1, -0.05) is 0 Å². The molecule has 0 amide bonds. The topological polar surface area (TPSA) is 123 Å². The second-order valence-corrected chi connectivity index (χ2v) is 8.68. The molecule has 12 heteroatoms. The van der Waals surface area contributed by atoms with Gasteiger partial charge in [0.15, 0.2) is 5.78 Å². The Morgan fingerprint density at radius 1 is 0.947 bits per heavy atom. The molecule has 1 aromatic carbocycles. The van der Waals surface area contributed by atoms with Crippen LogP contribution in [0.3, 0.4) is 0 Å². The van der Waals surface area contributed by atoms with Crippen LogP contribution in [-0.4, -0.2) is 68.8 Å². The van der Waals surface area contributed by atoms with E-state index in [0.717, 1.165) is 12.2 Å². The summed E-state index contributed by atoms with van der Waals surface area (Å²) in [6.07, 6.45) is 0. The van der Waals surface area contributed by atoms with E-state index in [0.29, 0.717) is 42.9 Å². The molecule has 0 radical (unpaired) electrons. The van der Waals surface area contributed by atoms with Gasteiger partial charge in [-0.15, -0.1) is 0 Å². The summed E-state index contributed by atoms with van der Waals surface area (Å²) >= 11 is 0. The first-order chi connectivity index (χ1) is 18.1. The summed E-state index contributed by atoms with van der Waals surface area (Å²) in [7, 11) is 4.94. The van der Waals surface area contributed by atoms with E-state index >= 15 is 0 Å². The lowest BCUT2D eigenvalue weighted by Gasteiger charge is -2.29. The van der Waals surface area contributed by atoms with Crippen LogP contribution < -0.4 is 30.4 Å². The van der Waals surface area contributed by atoms with Crippen molar-refractivity contribution in [3.8, 4) is 17.4 Å². The number of anilines is 2. The molecule has 0 atom stereocenters. The van der Waals surface area contributed by atoms with Crippen molar-refractivity contribution >= 4 is 23.1 Å². The number of ketones is 1. The lowest BCUT2D eigenvalue weighted by molar-refractivity contribution is 0.0598. The van der Waals surface area contributed by atoms with Gasteiger partial charge in [0, 0.05) is 14.1 Å². The zero-order valence-corrected chi connectivity index (χ0v) is 21.4. The fraction of sp³-hybridized carbons (Fsp3) is 0.308. The average Bonchev–Trinajstić information content (AvgIpc) is 2.89. The van der Waals surface area contributed by atoms with Crippen molar-refractivity contribution in [2.24, 2.45) is 0 Å². The van der Waals surface area contributed by atoms with Crippen LogP contribution in [0, 0.1) is 5.82 Å². The number of benzene rings is 1. The Bertz CT molecular complexity index is 1500. The molecular formula is C26H27FN4O7. The van der Waals surface area contributed by atoms with Gasteiger partial charge in [0.1, 0.15) is 24.6 Å². The van der Waals surface area contributed by atoms with Gasteiger partial charge in [0.2, 0.25) is 11.8 Å². The molecule has 1 N–H and O–H groups in total. The monoisotopic (exact) mass is 526 g/mol. The highest BCUT2D eigenvalue weighted by molar-refractivity contribution is 5.95. The third-order valence-corrected chi connectivity index (χ3v) is 6.15. The third kappa shape index (κ3) is 5.10. The number of carbonyl (C=O) groups excluding carboxylic acids is 2. The van der Waals surface area contributed by atoms with Gasteiger partial charge in [-0.2, -0.15) is 0 Å². The first kappa shape index (κ1) is 26.5. The second-order valence-electron chi connectivity index (χ2n) is 8.68. The Hall–Kier alpha value is -4.61. The van der Waals surface area contributed by atoms with E-state index in [1.807, 2.05) is 23.9 Å². The van der Waals surface area contributed by atoms with Crippen molar-refractivity contribution in [2.75, 3.05) is 57.3 Å². The number of carbonyl (C=O) groups is 2. The highest BCUT2D eigenvalue weighted by atomic mass is 19.1. The molecule has 4 heterocycles. The Morgan fingerprint density at radius 3 is 2.18 bits per heavy atom. The van der Waals surface area contributed by atoms with Crippen molar-refractivity contribution in [3.63, 3.8) is 0 Å². The molecule has 5 rings (SSSR count). The SMILES string of the molecule is CC(=O)c1cc2c([nH]c1=O)OCCN2C.COC(=O)c1cc2c(n(-c3ccc(F)cc3)c1=O)OCCN2C. The Kier molecular flexibility index (Phi) is 7.51. The molecule has 0 saturated heterocycles. The van der Waals surface area contributed by atoms with Crippen molar-refractivity contribution < 1.29 is 28.2 Å². The smallest absolute Gasteiger partial charge is 0.343 e. The molecule has 0 saturated carbocycles. The van der Waals surface area contributed by atoms with E-state index in [9.17, 15) is 23.6 Å². The summed E-state index contributed by atoms with van der Waals surface area (Å²) < 4.78 is 30.0. The number of Topliss-reactive ketones (excluding diaryl/α,β-unsaturated/α-hetero) is 1. The maximum atomic E-state index is 13.2. The molecule has 0 aliphatic carbocycles. The van der Waals surface area contributed by atoms with E-state index in [-0.39, 0.29) is 16.9 Å². The van der Waals surface area contributed by atoms with Crippen LogP contribution in [-0.2, 0) is 4.74 Å².